The van der Waals surface area contributed by atoms with Crippen LogP contribution in [-0.2, 0) is 4.74 Å². The van der Waals surface area contributed by atoms with E-state index in [9.17, 15) is 0 Å². The topological polar surface area (TPSA) is 56.3 Å². The van der Waals surface area contributed by atoms with Crippen LogP contribution in [0.2, 0.25) is 0 Å². The molecular formula is C13H23N3O2. The molecule has 0 aliphatic rings. The zero-order chi connectivity index (χ0) is 13.4. The molecule has 5 nitrogen and oxygen atoms in total. The van der Waals surface area contributed by atoms with Gasteiger partial charge < -0.3 is 14.8 Å². The highest BCUT2D eigenvalue weighted by molar-refractivity contribution is 5.21. The summed E-state index contributed by atoms with van der Waals surface area (Å²) < 4.78 is 10.4. The molecule has 0 fully saturated rings. The van der Waals surface area contributed by atoms with Gasteiger partial charge in [-0.05, 0) is 18.9 Å². The van der Waals surface area contributed by atoms with E-state index in [1.807, 2.05) is 0 Å². The van der Waals surface area contributed by atoms with Gasteiger partial charge in [-0.25, -0.2) is 4.98 Å². The smallest absolute Gasteiger partial charge is 0.236 e. The molecule has 0 bridgehead atoms. The van der Waals surface area contributed by atoms with E-state index in [2.05, 4.69) is 29.1 Å². The van der Waals surface area contributed by atoms with Crippen molar-refractivity contribution < 1.29 is 9.47 Å². The molecule has 1 aromatic rings. The molecule has 0 aliphatic carbocycles. The number of aromatic nitrogens is 2. The van der Waals surface area contributed by atoms with Gasteiger partial charge in [0.25, 0.3) is 0 Å². The van der Waals surface area contributed by atoms with E-state index in [0.29, 0.717) is 11.8 Å². The highest BCUT2D eigenvalue weighted by Gasteiger charge is 2.20. The molecule has 1 heterocycles. The molecular weight excluding hydrogens is 230 g/mol. The maximum atomic E-state index is 5.27. The molecule has 2 unspecified atom stereocenters. The van der Waals surface area contributed by atoms with E-state index >= 15 is 0 Å². The van der Waals surface area contributed by atoms with Crippen molar-refractivity contribution >= 4 is 0 Å². The van der Waals surface area contributed by atoms with Gasteiger partial charge in [-0.3, -0.25) is 4.98 Å². The Morgan fingerprint density at radius 2 is 2.00 bits per heavy atom. The van der Waals surface area contributed by atoms with Crippen molar-refractivity contribution in [2.45, 2.75) is 26.3 Å². The van der Waals surface area contributed by atoms with Gasteiger partial charge in [0.15, 0.2) is 0 Å². The van der Waals surface area contributed by atoms with Crippen LogP contribution in [0.25, 0.3) is 0 Å². The molecule has 5 heteroatoms. The van der Waals surface area contributed by atoms with Crippen LogP contribution in [-0.4, -0.2) is 37.3 Å². The molecule has 0 aliphatic heterocycles. The van der Waals surface area contributed by atoms with Crippen molar-refractivity contribution in [3.05, 3.63) is 18.1 Å². The maximum Gasteiger partial charge on any atom is 0.236 e. The van der Waals surface area contributed by atoms with Crippen molar-refractivity contribution in [1.29, 1.82) is 0 Å². The molecule has 1 N–H and O–H groups in total. The molecule has 1 aromatic heterocycles. The number of nitrogens with zero attached hydrogens (tertiary/aromatic N) is 2. The Labute approximate surface area is 109 Å². The van der Waals surface area contributed by atoms with Gasteiger partial charge in [-0.1, -0.05) is 13.8 Å². The molecule has 18 heavy (non-hydrogen) atoms. The van der Waals surface area contributed by atoms with Gasteiger partial charge in [0, 0.05) is 26.1 Å². The SMILES string of the molecule is CCNC(CC(C)COC)c1nccnc1OC. The van der Waals surface area contributed by atoms with Crippen molar-refractivity contribution in [3.8, 4) is 5.88 Å². The van der Waals surface area contributed by atoms with Crippen LogP contribution in [0, 0.1) is 5.92 Å². The lowest BCUT2D eigenvalue weighted by molar-refractivity contribution is 0.149. The summed E-state index contributed by atoms with van der Waals surface area (Å²) in [5.41, 5.74) is 0.866. The molecule has 102 valence electrons. The summed E-state index contributed by atoms with van der Waals surface area (Å²) in [5.74, 6) is 1.04. The minimum Gasteiger partial charge on any atom is -0.480 e. The molecule has 0 radical (unpaired) electrons. The fourth-order valence-electron chi connectivity index (χ4n) is 2.03. The minimum atomic E-state index is 0.142. The van der Waals surface area contributed by atoms with E-state index in [-0.39, 0.29) is 6.04 Å². The summed E-state index contributed by atoms with van der Waals surface area (Å²) >= 11 is 0. The Bertz CT molecular complexity index is 347. The minimum absolute atomic E-state index is 0.142. The number of rotatable bonds is 8. The zero-order valence-electron chi connectivity index (χ0n) is 11.6. The molecule has 0 spiro atoms. The molecule has 0 amide bonds. The summed E-state index contributed by atoms with van der Waals surface area (Å²) in [4.78, 5) is 8.59. The van der Waals surface area contributed by atoms with E-state index in [0.717, 1.165) is 25.3 Å². The summed E-state index contributed by atoms with van der Waals surface area (Å²) in [6.07, 6.45) is 4.28. The van der Waals surface area contributed by atoms with E-state index < -0.39 is 0 Å². The second-order valence-corrected chi connectivity index (χ2v) is 4.36. The van der Waals surface area contributed by atoms with Crippen LogP contribution >= 0.6 is 0 Å². The zero-order valence-corrected chi connectivity index (χ0v) is 11.6. The van der Waals surface area contributed by atoms with Crippen molar-refractivity contribution in [3.63, 3.8) is 0 Å². The third-order valence-electron chi connectivity index (χ3n) is 2.75. The van der Waals surface area contributed by atoms with E-state index in [4.69, 9.17) is 9.47 Å². The largest absolute Gasteiger partial charge is 0.480 e. The van der Waals surface area contributed by atoms with E-state index in [1.165, 1.54) is 0 Å². The molecule has 0 saturated carbocycles. The van der Waals surface area contributed by atoms with Crippen molar-refractivity contribution in [1.82, 2.24) is 15.3 Å². The van der Waals surface area contributed by atoms with Gasteiger partial charge in [-0.2, -0.15) is 0 Å². The first-order valence-corrected chi connectivity index (χ1v) is 6.30. The Kier molecular flexibility index (Phi) is 6.60. The Balaban J connectivity index is 2.82. The Hall–Kier alpha value is -1.20. The van der Waals surface area contributed by atoms with Crippen LogP contribution in [0.15, 0.2) is 12.4 Å². The lowest BCUT2D eigenvalue weighted by Gasteiger charge is -2.21. The van der Waals surface area contributed by atoms with Gasteiger partial charge in [0.05, 0.1) is 13.2 Å². The molecule has 0 saturated heterocycles. The van der Waals surface area contributed by atoms with Crippen molar-refractivity contribution in [2.24, 2.45) is 5.92 Å². The van der Waals surface area contributed by atoms with Crippen LogP contribution in [0.3, 0.4) is 0 Å². The summed E-state index contributed by atoms with van der Waals surface area (Å²) in [5, 5.41) is 3.42. The lowest BCUT2D eigenvalue weighted by Crippen LogP contribution is -2.25. The predicted molar refractivity (Wildman–Crippen MR) is 70.7 cm³/mol. The molecule has 2 atom stereocenters. The number of ether oxygens (including phenoxy) is 2. The Morgan fingerprint density at radius 1 is 1.28 bits per heavy atom. The average Bonchev–Trinajstić information content (AvgIpc) is 2.38. The number of nitrogens with one attached hydrogen (secondary N) is 1. The van der Waals surface area contributed by atoms with E-state index in [1.54, 1.807) is 26.6 Å². The molecule has 0 aromatic carbocycles. The first kappa shape index (κ1) is 14.9. The van der Waals surface area contributed by atoms with Crippen molar-refractivity contribution in [2.75, 3.05) is 27.4 Å². The standard InChI is InChI=1S/C13H23N3O2/c1-5-14-11(8-10(2)9-17-3)12-13(18-4)16-7-6-15-12/h6-7,10-11,14H,5,8-9H2,1-4H3. The number of hydrogen-bond donors (Lipinski definition) is 1. The highest BCUT2D eigenvalue weighted by Crippen LogP contribution is 2.25. The molecule has 1 rings (SSSR count). The summed E-state index contributed by atoms with van der Waals surface area (Å²) in [6, 6.07) is 0.142. The fourth-order valence-corrected chi connectivity index (χ4v) is 2.03. The predicted octanol–water partition coefficient (Wildman–Crippen LogP) is 1.81. The normalized spacial score (nSPS) is 14.2. The quantitative estimate of drug-likeness (QED) is 0.765. The monoisotopic (exact) mass is 253 g/mol. The Morgan fingerprint density at radius 3 is 2.61 bits per heavy atom. The maximum absolute atomic E-state index is 5.27. The van der Waals surface area contributed by atoms with Crippen LogP contribution < -0.4 is 10.1 Å². The average molecular weight is 253 g/mol. The number of methoxy groups -OCH3 is 2. The second kappa shape index (κ2) is 8.00. The number of hydrogen-bond acceptors (Lipinski definition) is 5. The van der Waals surface area contributed by atoms with Gasteiger partial charge in [0.2, 0.25) is 5.88 Å². The van der Waals surface area contributed by atoms with Crippen LogP contribution in [0.4, 0.5) is 0 Å². The fraction of sp³-hybridized carbons (Fsp3) is 0.692. The first-order valence-electron chi connectivity index (χ1n) is 6.30. The van der Waals surface area contributed by atoms with Gasteiger partial charge in [0.1, 0.15) is 5.69 Å². The lowest BCUT2D eigenvalue weighted by atomic mass is 10.00. The first-order chi connectivity index (χ1) is 8.72. The third-order valence-corrected chi connectivity index (χ3v) is 2.75. The van der Waals surface area contributed by atoms with Gasteiger partial charge in [-0.15, -0.1) is 0 Å². The summed E-state index contributed by atoms with van der Waals surface area (Å²) in [6.45, 7) is 5.86. The van der Waals surface area contributed by atoms with Crippen LogP contribution in [0.5, 0.6) is 5.88 Å². The second-order valence-electron chi connectivity index (χ2n) is 4.36. The van der Waals surface area contributed by atoms with Gasteiger partial charge >= 0.3 is 0 Å². The highest BCUT2D eigenvalue weighted by atomic mass is 16.5. The third kappa shape index (κ3) is 4.23. The summed E-state index contributed by atoms with van der Waals surface area (Å²) in [7, 11) is 3.34. The van der Waals surface area contributed by atoms with Crippen LogP contribution in [0.1, 0.15) is 32.0 Å².